The van der Waals surface area contributed by atoms with Gasteiger partial charge in [0.25, 0.3) is 12.4 Å². The number of amides is 3. The van der Waals surface area contributed by atoms with Crippen LogP contribution in [0.15, 0.2) is 60.0 Å². The zero-order valence-electron chi connectivity index (χ0n) is 25.3. The third-order valence-corrected chi connectivity index (χ3v) is 9.08. The van der Waals surface area contributed by atoms with Crippen LogP contribution in [0.2, 0.25) is 0 Å². The Morgan fingerprint density at radius 3 is 2.67 bits per heavy atom. The molecule has 2 bridgehead atoms. The fraction of sp³-hybridized carbons (Fsp3) is 0.364. The molecule has 2 aliphatic heterocycles. The summed E-state index contributed by atoms with van der Waals surface area (Å²) in [4.78, 5) is 52.5. The predicted octanol–water partition coefficient (Wildman–Crippen LogP) is 3.84. The van der Waals surface area contributed by atoms with Gasteiger partial charge in [0.05, 0.1) is 30.5 Å². The molecule has 0 saturated carbocycles. The standard InChI is InChI=1S/C32H35N5O4S.CH2O2/c1-21-14-22(2)37(34-21)19-31(39)36-16-26-23-8-7-9-24(15-23)41-13-6-5-12-35(18-30(38)33-28(26)17-36)32(40)27-20-42-29-11-4-3-10-25(27)29;2-1-3/h3-4,7-11,14-15,20,26,28H,5-6,12-13,16-19H2,1-2H3,(H,33,38);1H,(H,2,3)/t26-,28+;/m1./s1. The number of fused-ring (bicyclic) bond motifs is 5. The number of benzene rings is 2. The van der Waals surface area contributed by atoms with Crippen LogP contribution < -0.4 is 10.1 Å². The van der Waals surface area contributed by atoms with Gasteiger partial charge >= 0.3 is 0 Å². The van der Waals surface area contributed by atoms with E-state index in [1.165, 1.54) is 11.3 Å². The highest BCUT2D eigenvalue weighted by Crippen LogP contribution is 2.31. The van der Waals surface area contributed by atoms with Gasteiger partial charge in [0, 0.05) is 46.7 Å². The highest BCUT2D eigenvalue weighted by atomic mass is 32.1. The lowest BCUT2D eigenvalue weighted by Gasteiger charge is -2.26. The molecule has 2 N–H and O–H groups in total. The Balaban J connectivity index is 0.00000128. The van der Waals surface area contributed by atoms with Crippen LogP contribution in [-0.4, -0.2) is 87.7 Å². The van der Waals surface area contributed by atoms with Gasteiger partial charge in [-0.25, -0.2) is 0 Å². The molecule has 2 aromatic heterocycles. The number of aromatic nitrogens is 2. The highest BCUT2D eigenvalue weighted by molar-refractivity contribution is 7.17. The number of ether oxygens (including phenoxy) is 1. The number of carbonyl (C=O) groups is 4. The summed E-state index contributed by atoms with van der Waals surface area (Å²) in [5.41, 5.74) is 3.43. The molecule has 2 aromatic carbocycles. The number of rotatable bonds is 3. The summed E-state index contributed by atoms with van der Waals surface area (Å²) in [6.45, 7) is 5.50. The van der Waals surface area contributed by atoms with Gasteiger partial charge in [0.15, 0.2) is 0 Å². The summed E-state index contributed by atoms with van der Waals surface area (Å²) < 4.78 is 8.84. The number of thiophene rings is 1. The summed E-state index contributed by atoms with van der Waals surface area (Å²) in [6, 6.07) is 17.4. The maximum Gasteiger partial charge on any atom is 0.290 e. The quantitative estimate of drug-likeness (QED) is 0.328. The van der Waals surface area contributed by atoms with Crippen LogP contribution in [0.5, 0.6) is 5.75 Å². The fourth-order valence-electron chi connectivity index (χ4n) is 5.98. The van der Waals surface area contributed by atoms with E-state index in [4.69, 9.17) is 14.6 Å². The Kier molecular flexibility index (Phi) is 10.1. The molecule has 12 heteroatoms. The van der Waals surface area contributed by atoms with Crippen LogP contribution >= 0.6 is 11.3 Å². The Hall–Kier alpha value is -4.71. The average Bonchev–Trinajstić information content (AvgIpc) is 3.72. The zero-order valence-corrected chi connectivity index (χ0v) is 26.2. The van der Waals surface area contributed by atoms with Crippen LogP contribution in [0.25, 0.3) is 10.1 Å². The molecule has 6 rings (SSSR count). The van der Waals surface area contributed by atoms with Gasteiger partial charge in [0.2, 0.25) is 11.8 Å². The van der Waals surface area contributed by atoms with E-state index in [9.17, 15) is 14.4 Å². The number of aryl methyl sites for hydroxylation is 2. The SMILES string of the molecule is Cc1cc(C)n(CC(=O)N2C[C@@H]3NC(=O)CN(C(=O)c4csc5ccccc45)CCCCOc4cccc(c4)[C@H]3C2)n1.O=CO. The molecular formula is C33H37N5O6S. The minimum absolute atomic E-state index is 0.0468. The normalized spacial score (nSPS) is 18.6. The maximum atomic E-state index is 13.7. The van der Waals surface area contributed by atoms with Gasteiger partial charge in [0.1, 0.15) is 12.3 Å². The Morgan fingerprint density at radius 1 is 1.09 bits per heavy atom. The first-order chi connectivity index (χ1) is 21.8. The van der Waals surface area contributed by atoms with Crippen molar-refractivity contribution in [2.24, 2.45) is 0 Å². The van der Waals surface area contributed by atoms with Crippen LogP contribution in [0.4, 0.5) is 0 Å². The Bertz CT molecular complexity index is 1680. The molecule has 236 valence electrons. The van der Waals surface area contributed by atoms with E-state index in [0.717, 1.165) is 39.2 Å². The van der Waals surface area contributed by atoms with Crippen molar-refractivity contribution in [2.75, 3.05) is 32.8 Å². The number of nitrogens with zero attached hydrogens (tertiary/aromatic N) is 4. The van der Waals surface area contributed by atoms with Crippen molar-refractivity contribution in [1.82, 2.24) is 24.9 Å². The van der Waals surface area contributed by atoms with E-state index in [1.807, 2.05) is 73.8 Å². The van der Waals surface area contributed by atoms with Crippen molar-refractivity contribution >= 4 is 45.6 Å². The zero-order chi connectivity index (χ0) is 31.9. The van der Waals surface area contributed by atoms with Gasteiger partial charge in [-0.05, 0) is 56.5 Å². The molecule has 4 heterocycles. The largest absolute Gasteiger partial charge is 0.494 e. The van der Waals surface area contributed by atoms with Crippen molar-refractivity contribution in [3.63, 3.8) is 0 Å². The molecule has 1 saturated heterocycles. The number of hydrogen-bond acceptors (Lipinski definition) is 7. The monoisotopic (exact) mass is 631 g/mol. The van der Waals surface area contributed by atoms with Crippen molar-refractivity contribution < 1.29 is 29.0 Å². The lowest BCUT2D eigenvalue weighted by atomic mass is 9.94. The lowest BCUT2D eigenvalue weighted by molar-refractivity contribution is -0.131. The van der Waals surface area contributed by atoms with Gasteiger partial charge < -0.3 is 25.0 Å². The van der Waals surface area contributed by atoms with Crippen molar-refractivity contribution in [3.8, 4) is 5.75 Å². The minimum Gasteiger partial charge on any atom is -0.494 e. The summed E-state index contributed by atoms with van der Waals surface area (Å²) in [5.74, 6) is 0.227. The molecule has 4 aromatic rings. The molecule has 0 radical (unpaired) electrons. The van der Waals surface area contributed by atoms with Crippen LogP contribution in [-0.2, 0) is 20.9 Å². The van der Waals surface area contributed by atoms with Gasteiger partial charge in [-0.1, -0.05) is 30.3 Å². The molecule has 2 aliphatic rings. The molecule has 11 nitrogen and oxygen atoms in total. The number of nitrogens with one attached hydrogen (secondary N) is 1. The second-order valence-electron chi connectivity index (χ2n) is 11.3. The lowest BCUT2D eigenvalue weighted by Crippen LogP contribution is -2.47. The van der Waals surface area contributed by atoms with Crippen LogP contribution in [0.3, 0.4) is 0 Å². The molecular weight excluding hydrogens is 594 g/mol. The predicted molar refractivity (Wildman–Crippen MR) is 171 cm³/mol. The number of hydrogen-bond donors (Lipinski definition) is 2. The third kappa shape index (κ3) is 7.51. The number of carboxylic acid groups (broad SMARTS) is 1. The molecule has 0 unspecified atom stereocenters. The van der Waals surface area contributed by atoms with Crippen molar-refractivity contribution in [2.45, 2.75) is 45.2 Å². The molecule has 3 amide bonds. The fourth-order valence-corrected chi connectivity index (χ4v) is 6.91. The van der Waals surface area contributed by atoms with E-state index >= 15 is 0 Å². The van der Waals surface area contributed by atoms with E-state index in [-0.39, 0.29) is 49.2 Å². The second-order valence-corrected chi connectivity index (χ2v) is 12.2. The summed E-state index contributed by atoms with van der Waals surface area (Å²) in [5, 5.41) is 17.3. The van der Waals surface area contributed by atoms with E-state index in [1.54, 1.807) is 14.5 Å². The van der Waals surface area contributed by atoms with Crippen molar-refractivity contribution in [1.29, 1.82) is 0 Å². The van der Waals surface area contributed by atoms with Gasteiger partial charge in [-0.15, -0.1) is 11.3 Å². The van der Waals surface area contributed by atoms with E-state index in [2.05, 4.69) is 10.4 Å². The van der Waals surface area contributed by atoms with E-state index in [0.29, 0.717) is 38.2 Å². The van der Waals surface area contributed by atoms with Gasteiger partial charge in [-0.3, -0.25) is 23.9 Å². The van der Waals surface area contributed by atoms with E-state index < -0.39 is 0 Å². The summed E-state index contributed by atoms with van der Waals surface area (Å²) in [6.07, 6.45) is 1.46. The number of likely N-dealkylation sites (tertiary alicyclic amines) is 1. The topological polar surface area (TPSA) is 134 Å². The van der Waals surface area contributed by atoms with Crippen LogP contribution in [0, 0.1) is 13.8 Å². The highest BCUT2D eigenvalue weighted by Gasteiger charge is 2.38. The second kappa shape index (κ2) is 14.4. The van der Waals surface area contributed by atoms with Crippen LogP contribution in [0.1, 0.15) is 46.1 Å². The molecule has 0 spiro atoms. The first-order valence-corrected chi connectivity index (χ1v) is 15.8. The Morgan fingerprint density at radius 2 is 1.89 bits per heavy atom. The van der Waals surface area contributed by atoms with Gasteiger partial charge in [-0.2, -0.15) is 5.10 Å². The minimum atomic E-state index is -0.306. The first-order valence-electron chi connectivity index (χ1n) is 14.9. The molecule has 2 atom stereocenters. The third-order valence-electron chi connectivity index (χ3n) is 8.12. The molecule has 1 fully saturated rings. The van der Waals surface area contributed by atoms with Crippen molar-refractivity contribution in [3.05, 3.63) is 82.5 Å². The average molecular weight is 632 g/mol. The maximum absolute atomic E-state index is 13.7. The molecule has 0 aliphatic carbocycles. The summed E-state index contributed by atoms with van der Waals surface area (Å²) in [7, 11) is 0. The smallest absolute Gasteiger partial charge is 0.290 e. The molecule has 45 heavy (non-hydrogen) atoms. The number of carbonyl (C=O) groups excluding carboxylic acids is 3. The Labute approximate surface area is 265 Å². The first kappa shape index (κ1) is 31.7. The summed E-state index contributed by atoms with van der Waals surface area (Å²) >= 11 is 1.53.